The van der Waals surface area contributed by atoms with Gasteiger partial charge in [-0.25, -0.2) is 0 Å². The van der Waals surface area contributed by atoms with Gasteiger partial charge in [0.1, 0.15) is 0 Å². The van der Waals surface area contributed by atoms with Gasteiger partial charge in [-0.1, -0.05) is 0 Å². The second-order valence-corrected chi connectivity index (χ2v) is 0. The van der Waals surface area contributed by atoms with Crippen LogP contribution in [-0.2, 0) is 33.0 Å². The van der Waals surface area contributed by atoms with Crippen molar-refractivity contribution in [2.24, 2.45) is 0 Å². The van der Waals surface area contributed by atoms with Crippen molar-refractivity contribution in [3.8, 4) is 0 Å². The molecule has 0 rings (SSSR count). The van der Waals surface area contributed by atoms with E-state index in [1.807, 2.05) is 0 Å². The molecule has 0 bridgehead atoms. The van der Waals surface area contributed by atoms with Crippen molar-refractivity contribution in [3.63, 3.8) is 0 Å². The fraction of sp³-hybridized carbons (Fsp3) is 0. The normalized spacial score (nSPS) is 0. The molecule has 1 nitrogen and oxygen atoms in total. The monoisotopic (exact) mass is 137 g/mol. The average molecular weight is 139 g/mol. The Labute approximate surface area is 61.2 Å². The zero-order valence-electron chi connectivity index (χ0n) is 2.27. The van der Waals surface area contributed by atoms with Gasteiger partial charge in [0.05, 0.1) is 0 Å². The van der Waals surface area contributed by atoms with Crippen molar-refractivity contribution < 1.29 is 25.0 Å². The molecule has 0 amide bonds. The summed E-state index contributed by atoms with van der Waals surface area (Å²) in [4.78, 5) is 0. The summed E-state index contributed by atoms with van der Waals surface area (Å²) in [5.41, 5.74) is 0. The molecule has 0 aliphatic heterocycles. The fourth-order valence-electron chi connectivity index (χ4n) is 0. The van der Waals surface area contributed by atoms with Crippen molar-refractivity contribution in [1.29, 1.82) is 0 Å². The Morgan fingerprint density at radius 3 is 1.00 bits per heavy atom. The number of rotatable bonds is 0. The third-order valence-electron chi connectivity index (χ3n) is 0. The molecule has 0 aliphatic rings. The van der Waals surface area contributed by atoms with E-state index < -0.39 is 0 Å². The Morgan fingerprint density at radius 2 is 1.00 bits per heavy atom. The summed E-state index contributed by atoms with van der Waals surface area (Å²) in [6.45, 7) is 0. The third-order valence-corrected chi connectivity index (χ3v) is 0. The van der Waals surface area contributed by atoms with Crippen LogP contribution in [0.15, 0.2) is 0 Å². The SMILES string of the molecule is [Mg+2].[OH-].[S-2].[Zn+2]. The predicted molar refractivity (Wildman–Crippen MR) is 15.1 cm³/mol. The van der Waals surface area contributed by atoms with Crippen molar-refractivity contribution >= 4 is 36.5 Å². The van der Waals surface area contributed by atoms with Crippen molar-refractivity contribution in [3.05, 3.63) is 0 Å². The molecule has 0 atom stereocenters. The van der Waals surface area contributed by atoms with Gasteiger partial charge in [-0.05, 0) is 0 Å². The molecule has 0 radical (unpaired) electrons. The zero-order chi connectivity index (χ0) is 0. The van der Waals surface area contributed by atoms with Crippen LogP contribution >= 0.6 is 0 Å². The van der Waals surface area contributed by atoms with Gasteiger partial charge in [-0.3, -0.25) is 0 Å². The van der Waals surface area contributed by atoms with E-state index in [1.165, 1.54) is 0 Å². The molecular formula is HMgOSZn+. The van der Waals surface area contributed by atoms with Gasteiger partial charge in [0.2, 0.25) is 0 Å². The van der Waals surface area contributed by atoms with Crippen LogP contribution in [0.4, 0.5) is 0 Å². The predicted octanol–water partition coefficient (Wildman–Crippen LogP) is -0.562. The standard InChI is InChI=1S/Mg.H2O.S.Zn/h;1H2;;/q+2;;-2;+2/p-1. The molecule has 16 valence electrons. The van der Waals surface area contributed by atoms with Crippen LogP contribution in [0.3, 0.4) is 0 Å². The number of hydrogen-bond acceptors (Lipinski definition) is 1. The van der Waals surface area contributed by atoms with E-state index in [2.05, 4.69) is 0 Å². The molecule has 4 heavy (non-hydrogen) atoms. The molecule has 4 heteroatoms. The largest absolute Gasteiger partial charge is 2.00 e. The summed E-state index contributed by atoms with van der Waals surface area (Å²) < 4.78 is 0. The molecule has 0 aromatic carbocycles. The molecule has 0 fully saturated rings. The Morgan fingerprint density at radius 1 is 1.00 bits per heavy atom. The maximum absolute atomic E-state index is 0. The summed E-state index contributed by atoms with van der Waals surface area (Å²) in [7, 11) is 0. The summed E-state index contributed by atoms with van der Waals surface area (Å²) in [6.07, 6.45) is 0. The van der Waals surface area contributed by atoms with E-state index in [-0.39, 0.29) is 61.5 Å². The number of hydrogen-bond donors (Lipinski definition) is 0. The maximum Gasteiger partial charge on any atom is 2.00 e. The first-order chi connectivity index (χ1) is 0. The molecule has 0 unspecified atom stereocenters. The summed E-state index contributed by atoms with van der Waals surface area (Å²) in [5.74, 6) is 0. The second-order valence-electron chi connectivity index (χ2n) is 0. The maximum atomic E-state index is 0. The summed E-state index contributed by atoms with van der Waals surface area (Å²) in [5, 5.41) is 0. The van der Waals surface area contributed by atoms with Gasteiger partial charge in [-0.2, -0.15) is 0 Å². The average Bonchev–Trinajstić information content (AvgIpc) is 0. The van der Waals surface area contributed by atoms with E-state index in [0.717, 1.165) is 0 Å². The molecule has 0 aromatic rings. The molecule has 0 heterocycles. The van der Waals surface area contributed by atoms with Crippen molar-refractivity contribution in [2.75, 3.05) is 0 Å². The van der Waals surface area contributed by atoms with Gasteiger partial charge in [0, 0.05) is 0 Å². The Bertz CT molecular complexity index is 8.00. The van der Waals surface area contributed by atoms with Gasteiger partial charge in [-0.15, -0.1) is 0 Å². The van der Waals surface area contributed by atoms with Crippen LogP contribution in [0.1, 0.15) is 0 Å². The van der Waals surface area contributed by atoms with Gasteiger partial charge >= 0.3 is 42.5 Å². The van der Waals surface area contributed by atoms with Crippen LogP contribution in [0, 0.1) is 0 Å². The van der Waals surface area contributed by atoms with E-state index in [4.69, 9.17) is 0 Å². The quantitative estimate of drug-likeness (QED) is 0.413. The van der Waals surface area contributed by atoms with E-state index in [1.54, 1.807) is 0 Å². The molecule has 1 N–H and O–H groups in total. The van der Waals surface area contributed by atoms with Crippen molar-refractivity contribution in [1.82, 2.24) is 0 Å². The minimum Gasteiger partial charge on any atom is -2.00 e. The van der Waals surface area contributed by atoms with E-state index in [9.17, 15) is 0 Å². The smallest absolute Gasteiger partial charge is 2.00 e. The molecule has 0 saturated carbocycles. The zero-order valence-corrected chi connectivity index (χ0v) is 7.47. The minimum atomic E-state index is 0. The molecule has 0 saturated heterocycles. The molecule has 0 aliphatic carbocycles. The fourth-order valence-corrected chi connectivity index (χ4v) is 0. The summed E-state index contributed by atoms with van der Waals surface area (Å²) in [6, 6.07) is 0. The molecule has 0 spiro atoms. The van der Waals surface area contributed by atoms with Gasteiger partial charge < -0.3 is 19.0 Å². The minimum absolute atomic E-state index is 0. The Balaban J connectivity index is 0. The van der Waals surface area contributed by atoms with E-state index in [0.29, 0.717) is 0 Å². The third kappa shape index (κ3) is 9.33. The van der Waals surface area contributed by atoms with Crippen LogP contribution in [-0.4, -0.2) is 28.5 Å². The first-order valence-corrected chi connectivity index (χ1v) is 0. The summed E-state index contributed by atoms with van der Waals surface area (Å²) >= 11 is 0. The molecule has 0 aromatic heterocycles. The second kappa shape index (κ2) is 22.3. The van der Waals surface area contributed by atoms with Crippen LogP contribution in [0.5, 0.6) is 0 Å². The van der Waals surface area contributed by atoms with E-state index >= 15 is 0 Å². The molecular weight excluding hydrogens is 138 g/mol. The van der Waals surface area contributed by atoms with Crippen molar-refractivity contribution in [2.45, 2.75) is 0 Å². The Kier molecular flexibility index (Phi) is 243. The van der Waals surface area contributed by atoms with Crippen LogP contribution < -0.4 is 0 Å². The van der Waals surface area contributed by atoms with Gasteiger partial charge in [0.25, 0.3) is 0 Å². The first kappa shape index (κ1) is 43.6. The Hall–Kier alpha value is 1.70. The van der Waals surface area contributed by atoms with Crippen LogP contribution in [0.2, 0.25) is 0 Å². The first-order valence-electron chi connectivity index (χ1n) is 0. The van der Waals surface area contributed by atoms with Crippen LogP contribution in [0.25, 0.3) is 0 Å². The topological polar surface area (TPSA) is 30.0 Å². The van der Waals surface area contributed by atoms with Gasteiger partial charge in [0.15, 0.2) is 0 Å².